The standard InChI is InChI=1S/C15H22N2O3/c1-19-12-3-4-14(20-2)13(9-12)15(18)17-8-6-11(10-17)5-7-16/h3-4,9,11H,5-8,10,16H2,1-2H3. The summed E-state index contributed by atoms with van der Waals surface area (Å²) in [6, 6.07) is 5.29. The summed E-state index contributed by atoms with van der Waals surface area (Å²) in [7, 11) is 3.16. The number of likely N-dealkylation sites (tertiary alicyclic amines) is 1. The Labute approximate surface area is 119 Å². The van der Waals surface area contributed by atoms with Crippen LogP contribution in [0.15, 0.2) is 18.2 Å². The molecule has 5 heteroatoms. The van der Waals surface area contributed by atoms with E-state index in [2.05, 4.69) is 0 Å². The van der Waals surface area contributed by atoms with E-state index in [1.807, 2.05) is 4.90 Å². The average molecular weight is 278 g/mol. The maximum Gasteiger partial charge on any atom is 0.257 e. The summed E-state index contributed by atoms with van der Waals surface area (Å²) in [5.41, 5.74) is 6.14. The summed E-state index contributed by atoms with van der Waals surface area (Å²) >= 11 is 0. The van der Waals surface area contributed by atoms with Gasteiger partial charge < -0.3 is 20.1 Å². The van der Waals surface area contributed by atoms with Crippen molar-refractivity contribution in [2.75, 3.05) is 33.9 Å². The lowest BCUT2D eigenvalue weighted by Gasteiger charge is -2.18. The van der Waals surface area contributed by atoms with Gasteiger partial charge in [0, 0.05) is 13.1 Å². The zero-order valence-corrected chi connectivity index (χ0v) is 12.1. The summed E-state index contributed by atoms with van der Waals surface area (Å²) < 4.78 is 10.5. The molecular weight excluding hydrogens is 256 g/mol. The van der Waals surface area contributed by atoms with Crippen molar-refractivity contribution in [2.45, 2.75) is 12.8 Å². The van der Waals surface area contributed by atoms with Crippen LogP contribution in [-0.2, 0) is 0 Å². The number of nitrogens with two attached hydrogens (primary N) is 1. The number of rotatable bonds is 5. The Hall–Kier alpha value is -1.75. The fraction of sp³-hybridized carbons (Fsp3) is 0.533. The quantitative estimate of drug-likeness (QED) is 0.887. The van der Waals surface area contributed by atoms with Crippen LogP contribution >= 0.6 is 0 Å². The summed E-state index contributed by atoms with van der Waals surface area (Å²) in [6.45, 7) is 2.23. The molecule has 2 rings (SSSR count). The maximum absolute atomic E-state index is 12.6. The Morgan fingerprint density at radius 2 is 2.20 bits per heavy atom. The molecule has 1 heterocycles. The van der Waals surface area contributed by atoms with E-state index < -0.39 is 0 Å². The number of carbonyl (C=O) groups excluding carboxylic acids is 1. The minimum absolute atomic E-state index is 0.000251. The molecule has 0 saturated carbocycles. The topological polar surface area (TPSA) is 64.8 Å². The highest BCUT2D eigenvalue weighted by molar-refractivity contribution is 5.97. The van der Waals surface area contributed by atoms with Gasteiger partial charge in [0.15, 0.2) is 0 Å². The molecule has 20 heavy (non-hydrogen) atoms. The van der Waals surface area contributed by atoms with Crippen LogP contribution in [0.3, 0.4) is 0 Å². The second-order valence-electron chi connectivity index (χ2n) is 5.05. The van der Waals surface area contributed by atoms with Crippen LogP contribution in [0, 0.1) is 5.92 Å². The van der Waals surface area contributed by atoms with Gasteiger partial charge in [0.1, 0.15) is 11.5 Å². The molecule has 110 valence electrons. The average Bonchev–Trinajstić information content (AvgIpc) is 2.94. The van der Waals surface area contributed by atoms with Crippen molar-refractivity contribution in [3.05, 3.63) is 23.8 Å². The van der Waals surface area contributed by atoms with Crippen molar-refractivity contribution in [2.24, 2.45) is 11.7 Å². The first-order chi connectivity index (χ1) is 9.69. The first-order valence-electron chi connectivity index (χ1n) is 6.91. The van der Waals surface area contributed by atoms with Crippen molar-refractivity contribution in [3.8, 4) is 11.5 Å². The first kappa shape index (κ1) is 14.7. The summed E-state index contributed by atoms with van der Waals surface area (Å²) in [5, 5.41) is 0. The zero-order chi connectivity index (χ0) is 14.5. The number of ether oxygens (including phenoxy) is 2. The third-order valence-electron chi connectivity index (χ3n) is 3.79. The summed E-state index contributed by atoms with van der Waals surface area (Å²) in [4.78, 5) is 14.5. The molecule has 1 saturated heterocycles. The van der Waals surface area contributed by atoms with Gasteiger partial charge in [-0.25, -0.2) is 0 Å². The lowest BCUT2D eigenvalue weighted by molar-refractivity contribution is 0.0783. The Morgan fingerprint density at radius 3 is 2.85 bits per heavy atom. The second-order valence-corrected chi connectivity index (χ2v) is 5.05. The highest BCUT2D eigenvalue weighted by Crippen LogP contribution is 2.28. The number of benzene rings is 1. The van der Waals surface area contributed by atoms with Gasteiger partial charge in [-0.2, -0.15) is 0 Å². The van der Waals surface area contributed by atoms with E-state index in [9.17, 15) is 4.79 Å². The van der Waals surface area contributed by atoms with Gasteiger partial charge >= 0.3 is 0 Å². The molecule has 1 atom stereocenters. The third-order valence-corrected chi connectivity index (χ3v) is 3.79. The van der Waals surface area contributed by atoms with Gasteiger partial charge in [-0.15, -0.1) is 0 Å². The lowest BCUT2D eigenvalue weighted by atomic mass is 10.1. The van der Waals surface area contributed by atoms with Crippen LogP contribution in [0.4, 0.5) is 0 Å². The fourth-order valence-electron chi connectivity index (χ4n) is 2.64. The number of hydrogen-bond donors (Lipinski definition) is 1. The lowest BCUT2D eigenvalue weighted by Crippen LogP contribution is -2.29. The molecule has 1 aromatic carbocycles. The predicted octanol–water partition coefficient (Wildman–Crippen LogP) is 1.51. The molecule has 1 amide bonds. The van der Waals surface area contributed by atoms with E-state index in [1.54, 1.807) is 32.4 Å². The number of nitrogens with zero attached hydrogens (tertiary/aromatic N) is 1. The van der Waals surface area contributed by atoms with E-state index >= 15 is 0 Å². The molecule has 1 fully saturated rings. The molecule has 0 bridgehead atoms. The Kier molecular flexibility index (Phi) is 4.84. The number of methoxy groups -OCH3 is 2. The molecule has 0 spiro atoms. The van der Waals surface area contributed by atoms with Crippen LogP contribution in [0.25, 0.3) is 0 Å². The normalized spacial score (nSPS) is 18.1. The Balaban J connectivity index is 2.16. The molecule has 5 nitrogen and oxygen atoms in total. The summed E-state index contributed by atoms with van der Waals surface area (Å²) in [6.07, 6.45) is 1.99. The highest BCUT2D eigenvalue weighted by atomic mass is 16.5. The summed E-state index contributed by atoms with van der Waals surface area (Å²) in [5.74, 6) is 1.76. The van der Waals surface area contributed by atoms with E-state index in [0.717, 1.165) is 25.9 Å². The Morgan fingerprint density at radius 1 is 1.40 bits per heavy atom. The molecule has 1 aromatic rings. The first-order valence-corrected chi connectivity index (χ1v) is 6.91. The number of carbonyl (C=O) groups is 1. The monoisotopic (exact) mass is 278 g/mol. The van der Waals surface area contributed by atoms with Gasteiger partial charge in [0.2, 0.25) is 0 Å². The van der Waals surface area contributed by atoms with Crippen LogP contribution in [0.2, 0.25) is 0 Å². The number of hydrogen-bond acceptors (Lipinski definition) is 4. The van der Waals surface area contributed by atoms with Gasteiger partial charge in [-0.05, 0) is 43.5 Å². The smallest absolute Gasteiger partial charge is 0.257 e. The molecule has 0 aliphatic carbocycles. The van der Waals surface area contributed by atoms with Crippen molar-refractivity contribution < 1.29 is 14.3 Å². The second kappa shape index (κ2) is 6.61. The molecule has 0 aromatic heterocycles. The molecular formula is C15H22N2O3. The predicted molar refractivity (Wildman–Crippen MR) is 77.2 cm³/mol. The van der Waals surface area contributed by atoms with Gasteiger partial charge in [-0.1, -0.05) is 0 Å². The molecule has 1 aliphatic heterocycles. The van der Waals surface area contributed by atoms with Crippen LogP contribution in [0.5, 0.6) is 11.5 Å². The van der Waals surface area contributed by atoms with Gasteiger partial charge in [-0.3, -0.25) is 4.79 Å². The van der Waals surface area contributed by atoms with E-state index in [4.69, 9.17) is 15.2 Å². The maximum atomic E-state index is 12.6. The van der Waals surface area contributed by atoms with Crippen molar-refractivity contribution >= 4 is 5.91 Å². The van der Waals surface area contributed by atoms with Crippen molar-refractivity contribution in [1.29, 1.82) is 0 Å². The van der Waals surface area contributed by atoms with Crippen molar-refractivity contribution in [1.82, 2.24) is 4.90 Å². The third kappa shape index (κ3) is 3.04. The minimum Gasteiger partial charge on any atom is -0.497 e. The highest BCUT2D eigenvalue weighted by Gasteiger charge is 2.28. The van der Waals surface area contributed by atoms with E-state index in [1.165, 1.54) is 0 Å². The zero-order valence-electron chi connectivity index (χ0n) is 12.1. The van der Waals surface area contributed by atoms with E-state index in [0.29, 0.717) is 29.5 Å². The largest absolute Gasteiger partial charge is 0.497 e. The van der Waals surface area contributed by atoms with Crippen LogP contribution in [-0.4, -0.2) is 44.7 Å². The van der Waals surface area contributed by atoms with E-state index in [-0.39, 0.29) is 5.91 Å². The number of amides is 1. The molecule has 1 unspecified atom stereocenters. The van der Waals surface area contributed by atoms with Crippen molar-refractivity contribution in [3.63, 3.8) is 0 Å². The Bertz CT molecular complexity index is 476. The molecule has 0 radical (unpaired) electrons. The SMILES string of the molecule is COc1ccc(OC)c(C(=O)N2CCC(CCN)C2)c1. The van der Waals surface area contributed by atoms with Gasteiger partial charge in [0.05, 0.1) is 19.8 Å². The fourth-order valence-corrected chi connectivity index (χ4v) is 2.64. The minimum atomic E-state index is 0.000251. The molecule has 2 N–H and O–H groups in total. The van der Waals surface area contributed by atoms with Crippen LogP contribution in [0.1, 0.15) is 23.2 Å². The molecule has 1 aliphatic rings. The van der Waals surface area contributed by atoms with Gasteiger partial charge in [0.25, 0.3) is 5.91 Å². The van der Waals surface area contributed by atoms with Crippen LogP contribution < -0.4 is 15.2 Å².